The van der Waals surface area contributed by atoms with Crippen molar-refractivity contribution in [3.05, 3.63) is 41.7 Å². The number of hydrogen-bond acceptors (Lipinski definition) is 10. The zero-order valence-corrected chi connectivity index (χ0v) is 19.0. The van der Waals surface area contributed by atoms with Crippen molar-refractivity contribution in [2.75, 3.05) is 11.1 Å². The summed E-state index contributed by atoms with van der Waals surface area (Å²) in [6, 6.07) is 6.00. The smallest absolute Gasteiger partial charge is 0.251 e. The van der Waals surface area contributed by atoms with Crippen LogP contribution in [0.3, 0.4) is 0 Å². The Balaban J connectivity index is 1.58. The lowest BCUT2D eigenvalue weighted by molar-refractivity contribution is -0.120. The third-order valence-electron chi connectivity index (χ3n) is 5.11. The number of carbonyl (C=O) groups excluding carboxylic acids is 3. The third-order valence-corrected chi connectivity index (χ3v) is 5.11. The standard InChI is InChI=1S/C23H27N7O4/c1-3-4-17(32)9-10-18(13(2)31)28-21(33)14-5-7-15(8-6-14)25-11-16-12-26-20-19(27-16)22(34)30-23(24)29-20/h5-8,12,18,25H,3-4,9-11H2,1-2H3,(H,28,33)(H3,24,26,29,30,34). The normalized spacial score (nSPS) is 11.7. The molecule has 0 radical (unpaired) electrons. The van der Waals surface area contributed by atoms with Crippen LogP contribution in [-0.2, 0) is 16.1 Å². The van der Waals surface area contributed by atoms with Gasteiger partial charge in [0.1, 0.15) is 5.78 Å². The molecule has 1 amide bonds. The van der Waals surface area contributed by atoms with Gasteiger partial charge in [-0.3, -0.25) is 14.4 Å². The van der Waals surface area contributed by atoms with Gasteiger partial charge in [-0.1, -0.05) is 6.92 Å². The second-order valence-corrected chi connectivity index (χ2v) is 7.83. The number of rotatable bonds is 11. The summed E-state index contributed by atoms with van der Waals surface area (Å²) in [7, 11) is 0. The molecule has 34 heavy (non-hydrogen) atoms. The molecule has 3 aromatic rings. The molecule has 0 saturated heterocycles. The molecule has 1 aromatic carbocycles. The van der Waals surface area contributed by atoms with Crippen LogP contribution in [0, 0.1) is 0 Å². The van der Waals surface area contributed by atoms with E-state index in [1.54, 1.807) is 24.3 Å². The highest BCUT2D eigenvalue weighted by molar-refractivity contribution is 5.98. The van der Waals surface area contributed by atoms with Gasteiger partial charge in [-0.25, -0.2) is 9.97 Å². The Morgan fingerprint density at radius 2 is 1.82 bits per heavy atom. The highest BCUT2D eigenvalue weighted by Crippen LogP contribution is 2.19. The van der Waals surface area contributed by atoms with E-state index in [0.29, 0.717) is 30.6 Å². The summed E-state index contributed by atoms with van der Waals surface area (Å²) in [4.78, 5) is 52.2. The number of nitrogens with two attached hydrogens (primary N) is 1. The number of aromatic hydroxyl groups is 1. The zero-order valence-electron chi connectivity index (χ0n) is 19.0. The minimum atomic E-state index is -0.701. The van der Waals surface area contributed by atoms with Gasteiger partial charge in [-0.05, 0) is 44.0 Å². The van der Waals surface area contributed by atoms with Crippen molar-refractivity contribution in [3.8, 4) is 5.88 Å². The van der Waals surface area contributed by atoms with Crippen molar-refractivity contribution >= 4 is 40.3 Å². The lowest BCUT2D eigenvalue weighted by Crippen LogP contribution is -2.40. The second-order valence-electron chi connectivity index (χ2n) is 7.83. The number of nitrogens with zero attached hydrogens (tertiary/aromatic N) is 4. The van der Waals surface area contributed by atoms with Gasteiger partial charge in [0.05, 0.1) is 24.5 Å². The molecule has 2 heterocycles. The molecule has 1 unspecified atom stereocenters. The lowest BCUT2D eigenvalue weighted by atomic mass is 10.0. The highest BCUT2D eigenvalue weighted by Gasteiger charge is 2.19. The molecule has 0 saturated carbocycles. The monoisotopic (exact) mass is 465 g/mol. The molecule has 2 aromatic heterocycles. The molecule has 11 nitrogen and oxygen atoms in total. The Labute approximate surface area is 196 Å². The lowest BCUT2D eigenvalue weighted by Gasteiger charge is -2.16. The molecule has 5 N–H and O–H groups in total. The van der Waals surface area contributed by atoms with Gasteiger partial charge in [0, 0.05) is 24.1 Å². The molecule has 178 valence electrons. The number of aromatic nitrogens is 4. The van der Waals surface area contributed by atoms with Crippen LogP contribution in [0.15, 0.2) is 30.5 Å². The summed E-state index contributed by atoms with van der Waals surface area (Å²) in [6.07, 6.45) is 3.29. The van der Waals surface area contributed by atoms with Crippen molar-refractivity contribution in [3.63, 3.8) is 0 Å². The molecule has 0 fully saturated rings. The number of nitrogen functional groups attached to an aromatic ring is 1. The zero-order chi connectivity index (χ0) is 24.7. The van der Waals surface area contributed by atoms with E-state index in [9.17, 15) is 19.5 Å². The summed E-state index contributed by atoms with van der Waals surface area (Å²) in [5.41, 5.74) is 7.49. The van der Waals surface area contributed by atoms with E-state index in [1.807, 2.05) is 6.92 Å². The first-order chi connectivity index (χ1) is 16.3. The fourth-order valence-corrected chi connectivity index (χ4v) is 3.29. The Morgan fingerprint density at radius 3 is 2.50 bits per heavy atom. The van der Waals surface area contributed by atoms with Crippen LogP contribution in [0.1, 0.15) is 55.6 Å². The molecular weight excluding hydrogens is 438 g/mol. The van der Waals surface area contributed by atoms with Crippen LogP contribution < -0.4 is 16.4 Å². The molecule has 0 aliphatic heterocycles. The van der Waals surface area contributed by atoms with E-state index >= 15 is 0 Å². The molecule has 1 atom stereocenters. The molecule has 0 bridgehead atoms. The van der Waals surface area contributed by atoms with Crippen molar-refractivity contribution in [1.29, 1.82) is 0 Å². The SMILES string of the molecule is CCCC(=O)CCC(NC(=O)c1ccc(NCc2cnc3nc(N)nc(O)c3n2)cc1)C(C)=O. The second kappa shape index (κ2) is 11.1. The highest BCUT2D eigenvalue weighted by atomic mass is 16.3. The Morgan fingerprint density at radius 1 is 1.09 bits per heavy atom. The van der Waals surface area contributed by atoms with Gasteiger partial charge < -0.3 is 21.5 Å². The van der Waals surface area contributed by atoms with Crippen LogP contribution in [0.5, 0.6) is 5.88 Å². The average Bonchev–Trinajstić information content (AvgIpc) is 2.80. The predicted octanol–water partition coefficient (Wildman–Crippen LogP) is 2.16. The summed E-state index contributed by atoms with van der Waals surface area (Å²) in [5.74, 6) is -0.919. The van der Waals surface area contributed by atoms with Crippen LogP contribution >= 0.6 is 0 Å². The summed E-state index contributed by atoms with van der Waals surface area (Å²) < 4.78 is 0. The number of fused-ring (bicyclic) bond motifs is 1. The maximum Gasteiger partial charge on any atom is 0.251 e. The van der Waals surface area contributed by atoms with Crippen LogP contribution in [-0.4, -0.2) is 48.6 Å². The molecule has 0 spiro atoms. The van der Waals surface area contributed by atoms with E-state index in [4.69, 9.17) is 5.73 Å². The first-order valence-corrected chi connectivity index (χ1v) is 10.9. The van der Waals surface area contributed by atoms with E-state index in [0.717, 1.165) is 12.1 Å². The molecule has 3 rings (SSSR count). The van der Waals surface area contributed by atoms with E-state index < -0.39 is 6.04 Å². The first kappa shape index (κ1) is 24.5. The Bertz CT molecular complexity index is 1200. The van der Waals surface area contributed by atoms with Crippen LogP contribution in [0.25, 0.3) is 11.2 Å². The number of benzene rings is 1. The number of carbonyl (C=O) groups is 3. The average molecular weight is 466 g/mol. The maximum atomic E-state index is 12.6. The van der Waals surface area contributed by atoms with Gasteiger partial charge in [0.15, 0.2) is 16.9 Å². The summed E-state index contributed by atoms with van der Waals surface area (Å²) >= 11 is 0. The number of Topliss-reactive ketones (excluding diaryl/α,β-unsaturated/α-hetero) is 2. The van der Waals surface area contributed by atoms with E-state index in [1.165, 1.54) is 13.1 Å². The fraction of sp³-hybridized carbons (Fsp3) is 0.348. The summed E-state index contributed by atoms with van der Waals surface area (Å²) in [5, 5.41) is 15.8. The number of ketones is 2. The Hall–Kier alpha value is -4.15. The van der Waals surface area contributed by atoms with Gasteiger partial charge in [-0.15, -0.1) is 0 Å². The van der Waals surface area contributed by atoms with Crippen molar-refractivity contribution < 1.29 is 19.5 Å². The number of hydrogen-bond donors (Lipinski definition) is 4. The maximum absolute atomic E-state index is 12.6. The molecular formula is C23H27N7O4. The van der Waals surface area contributed by atoms with Crippen LogP contribution in [0.4, 0.5) is 11.6 Å². The van der Waals surface area contributed by atoms with Crippen LogP contribution in [0.2, 0.25) is 0 Å². The van der Waals surface area contributed by atoms with Gasteiger partial charge in [0.2, 0.25) is 11.8 Å². The minimum Gasteiger partial charge on any atom is -0.492 e. The number of amides is 1. The third kappa shape index (κ3) is 6.44. The molecule has 0 aliphatic rings. The number of anilines is 2. The predicted molar refractivity (Wildman–Crippen MR) is 126 cm³/mol. The topological polar surface area (TPSA) is 173 Å². The Kier molecular flexibility index (Phi) is 8.01. The van der Waals surface area contributed by atoms with Crippen molar-refractivity contribution in [1.82, 2.24) is 25.3 Å². The van der Waals surface area contributed by atoms with E-state index in [-0.39, 0.29) is 46.9 Å². The molecule has 11 heteroatoms. The van der Waals surface area contributed by atoms with E-state index in [2.05, 4.69) is 30.6 Å². The van der Waals surface area contributed by atoms with Gasteiger partial charge in [0.25, 0.3) is 5.91 Å². The van der Waals surface area contributed by atoms with Gasteiger partial charge in [-0.2, -0.15) is 9.97 Å². The van der Waals surface area contributed by atoms with Crippen molar-refractivity contribution in [2.45, 2.75) is 52.1 Å². The van der Waals surface area contributed by atoms with Crippen molar-refractivity contribution in [2.24, 2.45) is 0 Å². The summed E-state index contributed by atoms with van der Waals surface area (Å²) in [6.45, 7) is 3.63. The first-order valence-electron chi connectivity index (χ1n) is 10.9. The van der Waals surface area contributed by atoms with Gasteiger partial charge >= 0.3 is 0 Å². The quantitative estimate of drug-likeness (QED) is 0.328. The minimum absolute atomic E-state index is 0.0846. The fourth-order valence-electron chi connectivity index (χ4n) is 3.29. The largest absolute Gasteiger partial charge is 0.492 e. The molecule has 0 aliphatic carbocycles. The number of nitrogens with one attached hydrogen (secondary N) is 2.